The predicted molar refractivity (Wildman–Crippen MR) is 90.5 cm³/mol. The summed E-state index contributed by atoms with van der Waals surface area (Å²) in [7, 11) is 1.48. The number of hydrogen-bond donors (Lipinski definition) is 2. The number of carbonyl (C=O) groups excluding carboxylic acids is 2. The summed E-state index contributed by atoms with van der Waals surface area (Å²) in [6, 6.07) is 11.6. The van der Waals surface area contributed by atoms with Crippen LogP contribution in [0.5, 0.6) is 5.75 Å². The molecular weight excluding hydrogens is 364 g/mol. The van der Waals surface area contributed by atoms with Crippen LogP contribution >= 0.6 is 15.9 Å². The van der Waals surface area contributed by atoms with E-state index in [0.29, 0.717) is 17.1 Å². The minimum Gasteiger partial charge on any atom is -0.495 e. The number of methoxy groups -OCH3 is 1. The van der Waals surface area contributed by atoms with E-state index in [9.17, 15) is 9.59 Å². The SMILES string of the molecule is COc1ccc(C(=O)OCC(=O)Nc2ccc(Br)cc2)cc1N. The monoisotopic (exact) mass is 378 g/mol. The van der Waals surface area contributed by atoms with Crippen LogP contribution in [0.1, 0.15) is 10.4 Å². The van der Waals surface area contributed by atoms with Gasteiger partial charge in [-0.3, -0.25) is 4.79 Å². The molecule has 7 heteroatoms. The minimum absolute atomic E-state index is 0.250. The highest BCUT2D eigenvalue weighted by atomic mass is 79.9. The highest BCUT2D eigenvalue weighted by molar-refractivity contribution is 9.10. The summed E-state index contributed by atoms with van der Waals surface area (Å²) in [4.78, 5) is 23.6. The fourth-order valence-electron chi connectivity index (χ4n) is 1.81. The molecule has 0 atom stereocenters. The smallest absolute Gasteiger partial charge is 0.338 e. The second kappa shape index (κ2) is 7.64. The van der Waals surface area contributed by atoms with Gasteiger partial charge in [-0.25, -0.2) is 4.79 Å². The summed E-state index contributed by atoms with van der Waals surface area (Å²) in [6.07, 6.45) is 0. The second-order valence-corrected chi connectivity index (χ2v) is 5.50. The lowest BCUT2D eigenvalue weighted by Crippen LogP contribution is -2.21. The van der Waals surface area contributed by atoms with E-state index in [1.807, 2.05) is 0 Å². The third kappa shape index (κ3) is 4.72. The maximum absolute atomic E-state index is 11.9. The Labute approximate surface area is 141 Å². The van der Waals surface area contributed by atoms with E-state index in [0.717, 1.165) is 4.47 Å². The zero-order valence-electron chi connectivity index (χ0n) is 12.3. The van der Waals surface area contributed by atoms with Gasteiger partial charge < -0.3 is 20.5 Å². The van der Waals surface area contributed by atoms with Crippen LogP contribution in [-0.2, 0) is 9.53 Å². The minimum atomic E-state index is -0.634. The highest BCUT2D eigenvalue weighted by Crippen LogP contribution is 2.22. The third-order valence-corrected chi connectivity index (χ3v) is 3.46. The van der Waals surface area contributed by atoms with Crippen LogP contribution in [-0.4, -0.2) is 25.6 Å². The Morgan fingerprint density at radius 1 is 1.17 bits per heavy atom. The largest absolute Gasteiger partial charge is 0.495 e. The Balaban J connectivity index is 1.89. The average Bonchev–Trinajstić information content (AvgIpc) is 2.54. The van der Waals surface area contributed by atoms with Gasteiger partial charge in [0.2, 0.25) is 0 Å². The molecule has 0 aliphatic carbocycles. The number of ether oxygens (including phenoxy) is 2. The first-order valence-electron chi connectivity index (χ1n) is 6.65. The molecule has 0 unspecified atom stereocenters. The number of halogens is 1. The molecule has 0 radical (unpaired) electrons. The number of nitrogen functional groups attached to an aromatic ring is 1. The van der Waals surface area contributed by atoms with E-state index < -0.39 is 11.9 Å². The third-order valence-electron chi connectivity index (χ3n) is 2.93. The Kier molecular flexibility index (Phi) is 5.59. The van der Waals surface area contributed by atoms with E-state index >= 15 is 0 Å². The van der Waals surface area contributed by atoms with Gasteiger partial charge >= 0.3 is 5.97 Å². The molecule has 0 aliphatic rings. The van der Waals surface area contributed by atoms with E-state index in [2.05, 4.69) is 21.2 Å². The maximum atomic E-state index is 11.9. The fraction of sp³-hybridized carbons (Fsp3) is 0.125. The van der Waals surface area contributed by atoms with Crippen molar-refractivity contribution in [1.29, 1.82) is 0 Å². The number of anilines is 2. The molecule has 0 bridgehead atoms. The van der Waals surface area contributed by atoms with Crippen LogP contribution in [0.15, 0.2) is 46.9 Å². The Hall–Kier alpha value is -2.54. The van der Waals surface area contributed by atoms with Gasteiger partial charge in [0.15, 0.2) is 6.61 Å². The van der Waals surface area contributed by atoms with Crippen LogP contribution in [0.2, 0.25) is 0 Å². The highest BCUT2D eigenvalue weighted by Gasteiger charge is 2.12. The first kappa shape index (κ1) is 16.8. The summed E-state index contributed by atoms with van der Waals surface area (Å²) in [5, 5.41) is 2.62. The number of nitrogens with two attached hydrogens (primary N) is 1. The summed E-state index contributed by atoms with van der Waals surface area (Å²) in [6.45, 7) is -0.388. The molecule has 3 N–H and O–H groups in total. The van der Waals surface area contributed by atoms with Crippen molar-refractivity contribution in [2.45, 2.75) is 0 Å². The van der Waals surface area contributed by atoms with E-state index in [1.165, 1.54) is 19.2 Å². The number of esters is 1. The molecule has 0 aromatic heterocycles. The predicted octanol–water partition coefficient (Wildman–Crippen LogP) is 2.84. The zero-order valence-corrected chi connectivity index (χ0v) is 13.9. The van der Waals surface area contributed by atoms with Gasteiger partial charge in [0.25, 0.3) is 5.91 Å². The van der Waals surface area contributed by atoms with Crippen LogP contribution in [0.3, 0.4) is 0 Å². The van der Waals surface area contributed by atoms with Gasteiger partial charge in [-0.05, 0) is 42.5 Å². The van der Waals surface area contributed by atoms with Crippen LogP contribution in [0.4, 0.5) is 11.4 Å². The van der Waals surface area contributed by atoms with Crippen molar-refractivity contribution in [3.8, 4) is 5.75 Å². The summed E-state index contributed by atoms with van der Waals surface area (Å²) in [5.74, 6) is -0.595. The zero-order chi connectivity index (χ0) is 16.8. The van der Waals surface area contributed by atoms with Gasteiger partial charge in [-0.15, -0.1) is 0 Å². The van der Waals surface area contributed by atoms with Crippen molar-refractivity contribution in [1.82, 2.24) is 0 Å². The average molecular weight is 379 g/mol. The summed E-state index contributed by atoms with van der Waals surface area (Å²) < 4.78 is 10.9. The lowest BCUT2D eigenvalue weighted by molar-refractivity contribution is -0.119. The number of nitrogens with one attached hydrogen (secondary N) is 1. The lowest BCUT2D eigenvalue weighted by atomic mass is 10.2. The normalized spacial score (nSPS) is 10.0. The van der Waals surface area contributed by atoms with E-state index in [4.69, 9.17) is 15.2 Å². The summed E-state index contributed by atoms with van der Waals surface area (Å²) >= 11 is 3.30. The molecule has 2 rings (SSSR count). The van der Waals surface area contributed by atoms with Gasteiger partial charge in [-0.1, -0.05) is 15.9 Å². The quantitative estimate of drug-likeness (QED) is 0.616. The number of benzene rings is 2. The molecule has 0 saturated carbocycles. The molecular formula is C16H15BrN2O4. The van der Waals surface area contributed by atoms with Crippen molar-refractivity contribution in [2.75, 3.05) is 24.8 Å². The number of rotatable bonds is 5. The molecule has 0 heterocycles. The van der Waals surface area contributed by atoms with Crippen molar-refractivity contribution in [2.24, 2.45) is 0 Å². The van der Waals surface area contributed by atoms with Gasteiger partial charge in [0.05, 0.1) is 18.4 Å². The standard InChI is InChI=1S/C16H15BrN2O4/c1-22-14-7-2-10(8-13(14)18)16(21)23-9-15(20)19-12-5-3-11(17)4-6-12/h2-8H,9,18H2,1H3,(H,19,20). The van der Waals surface area contributed by atoms with E-state index in [-0.39, 0.29) is 12.2 Å². The number of amides is 1. The molecule has 1 amide bonds. The maximum Gasteiger partial charge on any atom is 0.338 e. The number of hydrogen-bond acceptors (Lipinski definition) is 5. The van der Waals surface area contributed by atoms with Crippen molar-refractivity contribution >= 4 is 39.2 Å². The summed E-state index contributed by atoms with van der Waals surface area (Å²) in [5.41, 5.74) is 6.91. The van der Waals surface area contributed by atoms with Gasteiger partial charge in [0, 0.05) is 10.2 Å². The molecule has 23 heavy (non-hydrogen) atoms. The van der Waals surface area contributed by atoms with E-state index in [1.54, 1.807) is 30.3 Å². The van der Waals surface area contributed by atoms with Gasteiger partial charge in [0.1, 0.15) is 5.75 Å². The first-order chi connectivity index (χ1) is 11.0. The van der Waals surface area contributed by atoms with Crippen LogP contribution in [0, 0.1) is 0 Å². The van der Waals surface area contributed by atoms with Crippen molar-refractivity contribution in [3.05, 3.63) is 52.5 Å². The fourth-order valence-corrected chi connectivity index (χ4v) is 2.07. The molecule has 6 nitrogen and oxygen atoms in total. The van der Waals surface area contributed by atoms with Crippen LogP contribution < -0.4 is 15.8 Å². The molecule has 0 spiro atoms. The Morgan fingerprint density at radius 2 is 1.87 bits per heavy atom. The first-order valence-corrected chi connectivity index (χ1v) is 7.45. The van der Waals surface area contributed by atoms with Crippen molar-refractivity contribution < 1.29 is 19.1 Å². The lowest BCUT2D eigenvalue weighted by Gasteiger charge is -2.08. The number of carbonyl (C=O) groups is 2. The molecule has 2 aromatic rings. The molecule has 120 valence electrons. The molecule has 0 fully saturated rings. The Bertz CT molecular complexity index is 717. The van der Waals surface area contributed by atoms with Crippen LogP contribution in [0.25, 0.3) is 0 Å². The molecule has 0 saturated heterocycles. The topological polar surface area (TPSA) is 90.6 Å². The molecule has 2 aromatic carbocycles. The molecule has 0 aliphatic heterocycles. The van der Waals surface area contributed by atoms with Gasteiger partial charge in [-0.2, -0.15) is 0 Å². The van der Waals surface area contributed by atoms with Crippen molar-refractivity contribution in [3.63, 3.8) is 0 Å². The Morgan fingerprint density at radius 3 is 2.48 bits per heavy atom. The second-order valence-electron chi connectivity index (χ2n) is 4.59.